The Hall–Kier alpha value is -2.34. The van der Waals surface area contributed by atoms with E-state index >= 15 is 0 Å². The van der Waals surface area contributed by atoms with Crippen molar-refractivity contribution in [3.63, 3.8) is 0 Å². The summed E-state index contributed by atoms with van der Waals surface area (Å²) < 4.78 is 27.2. The van der Waals surface area contributed by atoms with Crippen molar-refractivity contribution >= 4 is 21.6 Å². The molecule has 6 heteroatoms. The number of para-hydroxylation sites is 1. The van der Waals surface area contributed by atoms with Gasteiger partial charge in [0.05, 0.1) is 10.6 Å². The summed E-state index contributed by atoms with van der Waals surface area (Å²) in [5, 5.41) is 0. The molecule has 0 atom stereocenters. The molecule has 0 saturated carbocycles. The van der Waals surface area contributed by atoms with Crippen molar-refractivity contribution in [3.8, 4) is 0 Å². The lowest BCUT2D eigenvalue weighted by Crippen LogP contribution is -2.34. The first-order chi connectivity index (χ1) is 11.4. The second kappa shape index (κ2) is 7.97. The van der Waals surface area contributed by atoms with Gasteiger partial charge in [-0.1, -0.05) is 43.7 Å². The Bertz CT molecular complexity index is 772. The van der Waals surface area contributed by atoms with E-state index in [9.17, 15) is 13.2 Å². The number of amides is 1. The highest BCUT2D eigenvalue weighted by molar-refractivity contribution is 7.92. The fraction of sp³-hybridized carbons (Fsp3) is 0.278. The number of rotatable bonds is 8. The maximum absolute atomic E-state index is 13.0. The molecule has 0 fully saturated rings. The minimum atomic E-state index is -3.76. The first kappa shape index (κ1) is 18.0. The van der Waals surface area contributed by atoms with Gasteiger partial charge in [0.2, 0.25) is 5.91 Å². The molecule has 0 aliphatic carbocycles. The lowest BCUT2D eigenvalue weighted by Gasteiger charge is -2.24. The van der Waals surface area contributed by atoms with Crippen molar-refractivity contribution in [2.75, 3.05) is 10.8 Å². The van der Waals surface area contributed by atoms with Crippen LogP contribution in [-0.2, 0) is 21.2 Å². The van der Waals surface area contributed by atoms with Crippen LogP contribution in [0.3, 0.4) is 0 Å². The normalized spacial score (nSPS) is 11.2. The lowest BCUT2D eigenvalue weighted by atomic mass is 10.1. The summed E-state index contributed by atoms with van der Waals surface area (Å²) in [6.07, 6.45) is 1.87. The third-order valence-electron chi connectivity index (χ3n) is 3.66. The monoisotopic (exact) mass is 346 g/mol. The number of aryl methyl sites for hydroxylation is 1. The topological polar surface area (TPSA) is 80.5 Å². The van der Waals surface area contributed by atoms with E-state index in [0.717, 1.165) is 18.4 Å². The second-order valence-corrected chi connectivity index (χ2v) is 7.39. The molecule has 2 rings (SSSR count). The van der Waals surface area contributed by atoms with Gasteiger partial charge in [-0.05, 0) is 36.2 Å². The summed E-state index contributed by atoms with van der Waals surface area (Å²) in [4.78, 5) is 11.3. The van der Waals surface area contributed by atoms with Crippen LogP contribution in [0, 0.1) is 0 Å². The summed E-state index contributed by atoms with van der Waals surface area (Å²) in [5.41, 5.74) is 6.80. The van der Waals surface area contributed by atoms with Gasteiger partial charge in [0, 0.05) is 13.0 Å². The zero-order valence-corrected chi connectivity index (χ0v) is 14.5. The van der Waals surface area contributed by atoms with Gasteiger partial charge in [-0.3, -0.25) is 9.10 Å². The largest absolute Gasteiger partial charge is 0.370 e. The van der Waals surface area contributed by atoms with Crippen molar-refractivity contribution in [1.82, 2.24) is 0 Å². The van der Waals surface area contributed by atoms with E-state index in [0.29, 0.717) is 5.69 Å². The summed E-state index contributed by atoms with van der Waals surface area (Å²) >= 11 is 0. The predicted octanol–water partition coefficient (Wildman–Crippen LogP) is 2.71. The molecule has 0 aliphatic rings. The van der Waals surface area contributed by atoms with Crippen LogP contribution < -0.4 is 10.0 Å². The molecule has 5 nitrogen and oxygen atoms in total. The fourth-order valence-corrected chi connectivity index (χ4v) is 3.90. The zero-order chi connectivity index (χ0) is 17.6. The van der Waals surface area contributed by atoms with Crippen LogP contribution in [-0.4, -0.2) is 20.9 Å². The van der Waals surface area contributed by atoms with Gasteiger partial charge >= 0.3 is 0 Å². The van der Waals surface area contributed by atoms with Gasteiger partial charge in [0.25, 0.3) is 10.0 Å². The molecule has 0 aliphatic heterocycles. The van der Waals surface area contributed by atoms with Gasteiger partial charge in [0.15, 0.2) is 0 Å². The van der Waals surface area contributed by atoms with Crippen LogP contribution in [0.5, 0.6) is 0 Å². The molecule has 0 aromatic heterocycles. The Morgan fingerprint density at radius 3 is 2.21 bits per heavy atom. The molecule has 0 bridgehead atoms. The number of carbonyl (C=O) groups excluding carboxylic acids is 1. The molecule has 0 unspecified atom stereocenters. The standard InChI is InChI=1S/C18H22N2O3S/c1-2-6-15-9-11-17(12-10-15)24(22,23)20(14-13-18(19)21)16-7-4-3-5-8-16/h3-5,7-12H,2,6,13-14H2,1H3,(H2,19,21). The van der Waals surface area contributed by atoms with Crippen molar-refractivity contribution in [3.05, 3.63) is 60.2 Å². The molecule has 24 heavy (non-hydrogen) atoms. The minimum Gasteiger partial charge on any atom is -0.370 e. The number of carbonyl (C=O) groups is 1. The van der Waals surface area contributed by atoms with Crippen molar-refractivity contribution in [1.29, 1.82) is 0 Å². The Kier molecular flexibility index (Phi) is 5.98. The van der Waals surface area contributed by atoms with Gasteiger partial charge < -0.3 is 5.73 Å². The average molecular weight is 346 g/mol. The first-order valence-electron chi connectivity index (χ1n) is 7.90. The van der Waals surface area contributed by atoms with Crippen molar-refractivity contribution < 1.29 is 13.2 Å². The van der Waals surface area contributed by atoms with E-state index in [-0.39, 0.29) is 17.9 Å². The Morgan fingerprint density at radius 1 is 1.04 bits per heavy atom. The van der Waals surface area contributed by atoms with E-state index in [1.165, 1.54) is 4.31 Å². The maximum atomic E-state index is 13.0. The molecular formula is C18H22N2O3S. The number of primary amides is 1. The van der Waals surface area contributed by atoms with E-state index in [1.807, 2.05) is 18.2 Å². The number of sulfonamides is 1. The first-order valence-corrected chi connectivity index (χ1v) is 9.34. The van der Waals surface area contributed by atoms with Crippen LogP contribution in [0.2, 0.25) is 0 Å². The summed E-state index contributed by atoms with van der Waals surface area (Å²) in [6, 6.07) is 15.6. The number of nitrogens with zero attached hydrogens (tertiary/aromatic N) is 1. The van der Waals surface area contributed by atoms with E-state index in [2.05, 4.69) is 6.92 Å². The Labute approximate surface area is 143 Å². The predicted molar refractivity (Wildman–Crippen MR) is 95.2 cm³/mol. The highest BCUT2D eigenvalue weighted by atomic mass is 32.2. The fourth-order valence-electron chi connectivity index (χ4n) is 2.44. The van der Waals surface area contributed by atoms with Crippen LogP contribution >= 0.6 is 0 Å². The van der Waals surface area contributed by atoms with Gasteiger partial charge in [0.1, 0.15) is 0 Å². The van der Waals surface area contributed by atoms with Crippen molar-refractivity contribution in [2.24, 2.45) is 5.73 Å². The molecule has 0 spiro atoms. The third-order valence-corrected chi connectivity index (χ3v) is 5.50. The Morgan fingerprint density at radius 2 is 1.67 bits per heavy atom. The van der Waals surface area contributed by atoms with E-state index in [1.54, 1.807) is 36.4 Å². The molecular weight excluding hydrogens is 324 g/mol. The highest BCUT2D eigenvalue weighted by Gasteiger charge is 2.25. The quantitative estimate of drug-likeness (QED) is 0.798. The van der Waals surface area contributed by atoms with Gasteiger partial charge in [-0.2, -0.15) is 0 Å². The maximum Gasteiger partial charge on any atom is 0.264 e. The lowest BCUT2D eigenvalue weighted by molar-refractivity contribution is -0.117. The number of nitrogens with two attached hydrogens (primary N) is 1. The van der Waals surface area contributed by atoms with Gasteiger partial charge in [-0.15, -0.1) is 0 Å². The molecule has 2 N–H and O–H groups in total. The van der Waals surface area contributed by atoms with Gasteiger partial charge in [-0.25, -0.2) is 8.42 Å². The second-order valence-electron chi connectivity index (χ2n) is 5.52. The molecule has 2 aromatic carbocycles. The number of hydrogen-bond acceptors (Lipinski definition) is 3. The van der Waals surface area contributed by atoms with Crippen LogP contribution in [0.25, 0.3) is 0 Å². The van der Waals surface area contributed by atoms with Crippen LogP contribution in [0.4, 0.5) is 5.69 Å². The van der Waals surface area contributed by atoms with Crippen LogP contribution in [0.1, 0.15) is 25.3 Å². The highest BCUT2D eigenvalue weighted by Crippen LogP contribution is 2.24. The summed E-state index contributed by atoms with van der Waals surface area (Å²) in [5.74, 6) is -0.538. The molecule has 0 heterocycles. The van der Waals surface area contributed by atoms with E-state index in [4.69, 9.17) is 5.73 Å². The molecule has 0 saturated heterocycles. The number of hydrogen-bond donors (Lipinski definition) is 1. The molecule has 2 aromatic rings. The minimum absolute atomic E-state index is 0.0123. The van der Waals surface area contributed by atoms with E-state index < -0.39 is 15.9 Å². The number of benzene rings is 2. The SMILES string of the molecule is CCCc1ccc(S(=O)(=O)N(CCC(N)=O)c2ccccc2)cc1. The smallest absolute Gasteiger partial charge is 0.264 e. The molecule has 1 amide bonds. The summed E-state index contributed by atoms with van der Waals surface area (Å²) in [6.45, 7) is 2.09. The molecule has 128 valence electrons. The van der Waals surface area contributed by atoms with Crippen molar-refractivity contribution in [2.45, 2.75) is 31.1 Å². The zero-order valence-electron chi connectivity index (χ0n) is 13.7. The third kappa shape index (κ3) is 4.35. The Balaban J connectivity index is 2.37. The molecule has 0 radical (unpaired) electrons. The number of anilines is 1. The van der Waals surface area contributed by atoms with Crippen LogP contribution in [0.15, 0.2) is 59.5 Å². The average Bonchev–Trinajstić information content (AvgIpc) is 2.56. The summed E-state index contributed by atoms with van der Waals surface area (Å²) in [7, 11) is -3.76.